The Kier molecular flexibility index (Phi) is 5.09. The van der Waals surface area contributed by atoms with Gasteiger partial charge in [0.15, 0.2) is 0 Å². The number of rotatable bonds is 4. The first-order valence-corrected chi connectivity index (χ1v) is 11.0. The van der Waals surface area contributed by atoms with E-state index in [4.69, 9.17) is 4.42 Å². The van der Waals surface area contributed by atoms with Gasteiger partial charge in [0.25, 0.3) is 11.1 Å². The standard InChI is InChI=1S/C23H14BrN3O3S/c24-16-8-4-7-15(12-16)19-10-9-17(30-19)13-20-22(29)27-23(31-20)25-21(28)18(26-27)11-14-5-2-1-3-6-14/h1-10,12-13H,11H2. The van der Waals surface area contributed by atoms with E-state index in [1.807, 2.05) is 60.7 Å². The Morgan fingerprint density at radius 2 is 1.87 bits per heavy atom. The molecule has 0 aliphatic rings. The van der Waals surface area contributed by atoms with Gasteiger partial charge >= 0.3 is 0 Å². The van der Waals surface area contributed by atoms with Gasteiger partial charge in [0.2, 0.25) is 4.96 Å². The Bertz CT molecular complexity index is 1570. The van der Waals surface area contributed by atoms with Crippen LogP contribution in [0.3, 0.4) is 0 Å². The zero-order chi connectivity index (χ0) is 21.4. The maximum atomic E-state index is 12.9. The van der Waals surface area contributed by atoms with Crippen LogP contribution in [0.5, 0.6) is 0 Å². The van der Waals surface area contributed by atoms with Crippen LogP contribution in [-0.4, -0.2) is 14.6 Å². The fourth-order valence-electron chi connectivity index (χ4n) is 3.20. The van der Waals surface area contributed by atoms with Crippen molar-refractivity contribution in [2.45, 2.75) is 6.42 Å². The van der Waals surface area contributed by atoms with Crippen LogP contribution in [0.1, 0.15) is 17.0 Å². The quantitative estimate of drug-likeness (QED) is 0.383. The molecule has 3 heterocycles. The summed E-state index contributed by atoms with van der Waals surface area (Å²) in [5, 5.41) is 4.28. The smallest absolute Gasteiger partial charge is 0.296 e. The van der Waals surface area contributed by atoms with E-state index in [1.54, 1.807) is 12.1 Å². The largest absolute Gasteiger partial charge is 0.457 e. The molecule has 152 valence electrons. The molecule has 0 spiro atoms. The molecule has 0 unspecified atom stereocenters. The van der Waals surface area contributed by atoms with Gasteiger partial charge in [0.1, 0.15) is 21.7 Å². The fourth-order valence-corrected chi connectivity index (χ4v) is 4.48. The number of hydrogen-bond donors (Lipinski definition) is 0. The Hall–Kier alpha value is -3.36. The predicted molar refractivity (Wildman–Crippen MR) is 123 cm³/mol. The van der Waals surface area contributed by atoms with Gasteiger partial charge in [-0.1, -0.05) is 69.7 Å². The van der Waals surface area contributed by atoms with Crippen LogP contribution in [0.4, 0.5) is 0 Å². The molecular formula is C23H14BrN3O3S. The molecule has 0 aliphatic heterocycles. The third-order valence-electron chi connectivity index (χ3n) is 4.67. The zero-order valence-electron chi connectivity index (χ0n) is 16.0. The van der Waals surface area contributed by atoms with Crippen LogP contribution >= 0.6 is 27.3 Å². The van der Waals surface area contributed by atoms with Crippen molar-refractivity contribution in [1.29, 1.82) is 0 Å². The second-order valence-electron chi connectivity index (χ2n) is 6.85. The number of nitrogens with zero attached hydrogens (tertiary/aromatic N) is 3. The number of thiazole rings is 1. The van der Waals surface area contributed by atoms with E-state index in [-0.39, 0.29) is 16.2 Å². The van der Waals surface area contributed by atoms with E-state index in [1.165, 1.54) is 4.52 Å². The molecule has 0 saturated carbocycles. The van der Waals surface area contributed by atoms with E-state index in [9.17, 15) is 9.59 Å². The molecule has 0 atom stereocenters. The summed E-state index contributed by atoms with van der Waals surface area (Å²) in [6, 6.07) is 20.9. The third-order valence-corrected chi connectivity index (χ3v) is 6.13. The van der Waals surface area contributed by atoms with Crippen molar-refractivity contribution < 1.29 is 4.42 Å². The van der Waals surface area contributed by atoms with Crippen molar-refractivity contribution in [2.24, 2.45) is 0 Å². The highest BCUT2D eigenvalue weighted by atomic mass is 79.9. The van der Waals surface area contributed by atoms with Crippen molar-refractivity contribution >= 4 is 38.3 Å². The zero-order valence-corrected chi connectivity index (χ0v) is 18.4. The molecular weight excluding hydrogens is 478 g/mol. The van der Waals surface area contributed by atoms with Gasteiger partial charge in [0, 0.05) is 22.5 Å². The molecule has 0 saturated heterocycles. The molecule has 0 N–H and O–H groups in total. The summed E-state index contributed by atoms with van der Waals surface area (Å²) in [7, 11) is 0. The summed E-state index contributed by atoms with van der Waals surface area (Å²) < 4.78 is 8.42. The Labute approximate surface area is 188 Å². The van der Waals surface area contributed by atoms with Crippen LogP contribution in [0.15, 0.2) is 85.2 Å². The lowest BCUT2D eigenvalue weighted by molar-refractivity contribution is 0.571. The minimum absolute atomic E-state index is 0.236. The molecule has 0 fully saturated rings. The molecule has 5 aromatic rings. The summed E-state index contributed by atoms with van der Waals surface area (Å²) in [5.74, 6) is 1.23. The second kappa shape index (κ2) is 8.05. The highest BCUT2D eigenvalue weighted by molar-refractivity contribution is 9.10. The molecule has 0 bridgehead atoms. The van der Waals surface area contributed by atoms with Crippen molar-refractivity contribution in [2.75, 3.05) is 0 Å². The number of fused-ring (bicyclic) bond motifs is 1. The maximum absolute atomic E-state index is 12.9. The molecule has 5 rings (SSSR count). The summed E-state index contributed by atoms with van der Waals surface area (Å²) in [6.45, 7) is 0. The van der Waals surface area contributed by atoms with E-state index in [0.717, 1.165) is 26.9 Å². The Morgan fingerprint density at radius 3 is 2.68 bits per heavy atom. The molecule has 3 aromatic heterocycles. The molecule has 31 heavy (non-hydrogen) atoms. The van der Waals surface area contributed by atoms with Crippen LogP contribution < -0.4 is 15.7 Å². The fraction of sp³-hybridized carbons (Fsp3) is 0.0435. The average molecular weight is 492 g/mol. The Morgan fingerprint density at radius 1 is 1.03 bits per heavy atom. The van der Waals surface area contributed by atoms with Crippen molar-refractivity contribution in [3.8, 4) is 11.3 Å². The number of hydrogen-bond acceptors (Lipinski definition) is 6. The van der Waals surface area contributed by atoms with Gasteiger partial charge in [-0.2, -0.15) is 14.6 Å². The molecule has 6 nitrogen and oxygen atoms in total. The first-order chi connectivity index (χ1) is 15.1. The SMILES string of the molecule is O=c1nc2sc(=Cc3ccc(-c4cccc(Br)c4)o3)c(=O)n2nc1Cc1ccccc1. The number of furan rings is 1. The highest BCUT2D eigenvalue weighted by Crippen LogP contribution is 2.25. The van der Waals surface area contributed by atoms with Crippen LogP contribution in [0.2, 0.25) is 0 Å². The average Bonchev–Trinajstić information content (AvgIpc) is 3.35. The molecule has 2 aromatic carbocycles. The number of benzene rings is 2. The third kappa shape index (κ3) is 3.99. The normalized spacial score (nSPS) is 12.0. The predicted octanol–water partition coefficient (Wildman–Crippen LogP) is 3.67. The van der Waals surface area contributed by atoms with Gasteiger partial charge in [-0.15, -0.1) is 0 Å². The lowest BCUT2D eigenvalue weighted by atomic mass is 10.1. The van der Waals surface area contributed by atoms with Crippen molar-refractivity contribution in [3.63, 3.8) is 0 Å². The Balaban J connectivity index is 1.54. The number of halogens is 1. The van der Waals surface area contributed by atoms with Gasteiger partial charge in [0.05, 0.1) is 0 Å². The second-order valence-corrected chi connectivity index (χ2v) is 8.77. The van der Waals surface area contributed by atoms with Gasteiger partial charge in [-0.3, -0.25) is 9.59 Å². The summed E-state index contributed by atoms with van der Waals surface area (Å²) >= 11 is 4.56. The summed E-state index contributed by atoms with van der Waals surface area (Å²) in [5.41, 5.74) is 1.33. The number of aromatic nitrogens is 3. The van der Waals surface area contributed by atoms with Gasteiger partial charge in [-0.25, -0.2) is 0 Å². The highest BCUT2D eigenvalue weighted by Gasteiger charge is 2.12. The lowest BCUT2D eigenvalue weighted by Gasteiger charge is -1.99. The topological polar surface area (TPSA) is 77.5 Å². The van der Waals surface area contributed by atoms with Crippen molar-refractivity contribution in [3.05, 3.63) is 113 Å². The maximum Gasteiger partial charge on any atom is 0.296 e. The molecule has 0 aliphatic carbocycles. The van der Waals surface area contributed by atoms with Crippen LogP contribution in [0.25, 0.3) is 22.4 Å². The summed E-state index contributed by atoms with van der Waals surface area (Å²) in [4.78, 5) is 29.6. The minimum atomic E-state index is -0.424. The first-order valence-electron chi connectivity index (χ1n) is 9.41. The molecule has 0 amide bonds. The lowest BCUT2D eigenvalue weighted by Crippen LogP contribution is -2.28. The molecule has 8 heteroatoms. The molecule has 0 radical (unpaired) electrons. The monoisotopic (exact) mass is 491 g/mol. The van der Waals surface area contributed by atoms with E-state index in [0.29, 0.717) is 22.5 Å². The van der Waals surface area contributed by atoms with E-state index in [2.05, 4.69) is 26.0 Å². The van der Waals surface area contributed by atoms with Gasteiger partial charge < -0.3 is 4.42 Å². The summed E-state index contributed by atoms with van der Waals surface area (Å²) in [6.07, 6.45) is 1.96. The minimum Gasteiger partial charge on any atom is -0.457 e. The van der Waals surface area contributed by atoms with Crippen molar-refractivity contribution in [1.82, 2.24) is 14.6 Å². The van der Waals surface area contributed by atoms with Crippen LogP contribution in [0, 0.1) is 0 Å². The van der Waals surface area contributed by atoms with Gasteiger partial charge in [-0.05, 0) is 29.8 Å². The first kappa shape index (κ1) is 19.6. The van der Waals surface area contributed by atoms with E-state index >= 15 is 0 Å². The van der Waals surface area contributed by atoms with Crippen LogP contribution in [-0.2, 0) is 6.42 Å². The van der Waals surface area contributed by atoms with E-state index < -0.39 is 5.56 Å².